The number of nitrogens with zero attached hydrogens (tertiary/aromatic N) is 3. The highest BCUT2D eigenvalue weighted by Crippen LogP contribution is 2.12. The Morgan fingerprint density at radius 1 is 1.50 bits per heavy atom. The van der Waals surface area contributed by atoms with Crippen molar-refractivity contribution >= 4 is 5.69 Å². The molecule has 0 fully saturated rings. The average Bonchev–Trinajstić information content (AvgIpc) is 2.46. The van der Waals surface area contributed by atoms with Crippen LogP contribution in [-0.2, 0) is 13.0 Å². The summed E-state index contributed by atoms with van der Waals surface area (Å²) < 4.78 is 2.01. The molecule has 0 aliphatic heterocycles. The van der Waals surface area contributed by atoms with Crippen molar-refractivity contribution in [3.05, 3.63) is 11.9 Å². The van der Waals surface area contributed by atoms with Crippen LogP contribution in [0.1, 0.15) is 19.0 Å². The van der Waals surface area contributed by atoms with Crippen molar-refractivity contribution in [3.8, 4) is 0 Å². The van der Waals surface area contributed by atoms with E-state index in [4.69, 9.17) is 5.73 Å². The van der Waals surface area contributed by atoms with Gasteiger partial charge < -0.3 is 10.6 Å². The Balaban J connectivity index is 2.65. The molecule has 4 heteroatoms. The predicted molar refractivity (Wildman–Crippen MR) is 59.2 cm³/mol. The number of likely N-dealkylation sites (N-methyl/N-ethyl adjacent to an activating group) is 1. The lowest BCUT2D eigenvalue weighted by molar-refractivity contribution is 0.369. The molecule has 0 amide bonds. The molecule has 0 spiro atoms. The highest BCUT2D eigenvalue weighted by atomic mass is 15.3. The van der Waals surface area contributed by atoms with Crippen molar-refractivity contribution in [2.45, 2.75) is 26.3 Å². The van der Waals surface area contributed by atoms with Crippen LogP contribution in [0.2, 0.25) is 0 Å². The number of anilines is 1. The molecular weight excluding hydrogens is 176 g/mol. The Labute approximate surface area is 85.7 Å². The number of hydrogen-bond acceptors (Lipinski definition) is 3. The maximum Gasteiger partial charge on any atom is 0.0733 e. The molecule has 0 aromatic carbocycles. The van der Waals surface area contributed by atoms with Gasteiger partial charge in [-0.05, 0) is 20.5 Å². The van der Waals surface area contributed by atoms with Gasteiger partial charge >= 0.3 is 0 Å². The van der Waals surface area contributed by atoms with Crippen LogP contribution in [0.25, 0.3) is 0 Å². The summed E-state index contributed by atoms with van der Waals surface area (Å²) in [7, 11) is 4.12. The quantitative estimate of drug-likeness (QED) is 0.763. The molecule has 0 aliphatic carbocycles. The summed E-state index contributed by atoms with van der Waals surface area (Å²) in [5.41, 5.74) is 7.84. The highest BCUT2D eigenvalue weighted by molar-refractivity contribution is 5.40. The van der Waals surface area contributed by atoms with Crippen LogP contribution < -0.4 is 5.73 Å². The average molecular weight is 196 g/mol. The summed E-state index contributed by atoms with van der Waals surface area (Å²) in [6.45, 7) is 4.07. The second kappa shape index (κ2) is 5.00. The van der Waals surface area contributed by atoms with Crippen LogP contribution in [-0.4, -0.2) is 35.3 Å². The van der Waals surface area contributed by atoms with Crippen LogP contribution >= 0.6 is 0 Å². The third-order valence-electron chi connectivity index (χ3n) is 2.23. The Hall–Kier alpha value is -1.03. The lowest BCUT2D eigenvalue weighted by atomic mass is 10.2. The Bertz CT molecular complexity index is 278. The van der Waals surface area contributed by atoms with Crippen LogP contribution in [0.3, 0.4) is 0 Å². The van der Waals surface area contributed by atoms with Crippen molar-refractivity contribution in [3.63, 3.8) is 0 Å². The zero-order chi connectivity index (χ0) is 10.6. The van der Waals surface area contributed by atoms with Gasteiger partial charge in [0.25, 0.3) is 0 Å². The fourth-order valence-electron chi connectivity index (χ4n) is 1.42. The fraction of sp³-hybridized carbons (Fsp3) is 0.700. The van der Waals surface area contributed by atoms with Crippen molar-refractivity contribution in [2.75, 3.05) is 26.4 Å². The number of hydrogen-bond donors (Lipinski definition) is 1. The minimum Gasteiger partial charge on any atom is -0.396 e. The van der Waals surface area contributed by atoms with Gasteiger partial charge in [0.1, 0.15) is 0 Å². The molecule has 0 atom stereocenters. The normalized spacial score (nSPS) is 11.1. The van der Waals surface area contributed by atoms with E-state index in [1.165, 1.54) is 5.69 Å². The second-order valence-corrected chi connectivity index (χ2v) is 3.82. The summed E-state index contributed by atoms with van der Waals surface area (Å²) in [5, 5.41) is 4.27. The van der Waals surface area contributed by atoms with Crippen molar-refractivity contribution in [1.29, 1.82) is 0 Å². The molecule has 0 radical (unpaired) electrons. The first-order valence-electron chi connectivity index (χ1n) is 5.10. The lowest BCUT2D eigenvalue weighted by Gasteiger charge is -2.11. The lowest BCUT2D eigenvalue weighted by Crippen LogP contribution is -2.20. The first-order valence-corrected chi connectivity index (χ1v) is 5.10. The van der Waals surface area contributed by atoms with Crippen LogP contribution in [0.5, 0.6) is 0 Å². The van der Waals surface area contributed by atoms with Gasteiger partial charge in [0.2, 0.25) is 0 Å². The van der Waals surface area contributed by atoms with E-state index < -0.39 is 0 Å². The number of nitrogens with two attached hydrogens (primary N) is 1. The van der Waals surface area contributed by atoms with Crippen LogP contribution in [0.15, 0.2) is 6.20 Å². The molecule has 1 rings (SSSR count). The number of rotatable bonds is 5. The molecule has 0 bridgehead atoms. The molecule has 14 heavy (non-hydrogen) atoms. The molecule has 1 aromatic rings. The van der Waals surface area contributed by atoms with Gasteiger partial charge in [-0.25, -0.2) is 0 Å². The van der Waals surface area contributed by atoms with Crippen molar-refractivity contribution in [2.24, 2.45) is 0 Å². The molecule has 0 unspecified atom stereocenters. The molecule has 1 aromatic heterocycles. The minimum atomic E-state index is 0.825. The van der Waals surface area contributed by atoms with Crippen molar-refractivity contribution in [1.82, 2.24) is 14.7 Å². The molecule has 1 heterocycles. The molecule has 0 aliphatic rings. The molecule has 2 N–H and O–H groups in total. The summed E-state index contributed by atoms with van der Waals surface area (Å²) in [6, 6.07) is 0. The summed E-state index contributed by atoms with van der Waals surface area (Å²) in [6.07, 6.45) is 3.87. The van der Waals surface area contributed by atoms with Crippen LogP contribution in [0.4, 0.5) is 5.69 Å². The van der Waals surface area contributed by atoms with Gasteiger partial charge in [-0.2, -0.15) is 5.10 Å². The van der Waals surface area contributed by atoms with Crippen molar-refractivity contribution < 1.29 is 0 Å². The third-order valence-corrected chi connectivity index (χ3v) is 2.23. The van der Waals surface area contributed by atoms with Gasteiger partial charge in [-0.1, -0.05) is 13.3 Å². The van der Waals surface area contributed by atoms with Gasteiger partial charge in [-0.3, -0.25) is 4.68 Å². The molecule has 0 saturated heterocycles. The first kappa shape index (κ1) is 11.0. The van der Waals surface area contributed by atoms with E-state index in [1.54, 1.807) is 6.20 Å². The zero-order valence-corrected chi connectivity index (χ0v) is 9.32. The summed E-state index contributed by atoms with van der Waals surface area (Å²) >= 11 is 0. The standard InChI is InChI=1S/C10H20N4/c1-4-5-10-9(11)8-12-14(10)7-6-13(2)3/h8H,4-7,11H2,1-3H3. The van der Waals surface area contributed by atoms with Gasteiger partial charge in [0.15, 0.2) is 0 Å². The maximum absolute atomic E-state index is 5.84. The summed E-state index contributed by atoms with van der Waals surface area (Å²) in [5.74, 6) is 0. The maximum atomic E-state index is 5.84. The fourth-order valence-corrected chi connectivity index (χ4v) is 1.42. The first-order chi connectivity index (χ1) is 6.65. The third kappa shape index (κ3) is 2.73. The molecule has 80 valence electrons. The molecular formula is C10H20N4. The van der Waals surface area contributed by atoms with E-state index in [2.05, 4.69) is 31.0 Å². The Kier molecular flexibility index (Phi) is 3.95. The number of aromatic nitrogens is 2. The van der Waals surface area contributed by atoms with E-state index in [9.17, 15) is 0 Å². The highest BCUT2D eigenvalue weighted by Gasteiger charge is 2.06. The number of nitrogen functional groups attached to an aromatic ring is 1. The van der Waals surface area contributed by atoms with Gasteiger partial charge in [0.05, 0.1) is 24.1 Å². The van der Waals surface area contributed by atoms with Gasteiger partial charge in [-0.15, -0.1) is 0 Å². The van der Waals surface area contributed by atoms with E-state index in [1.807, 2.05) is 4.68 Å². The SMILES string of the molecule is CCCc1c(N)cnn1CCN(C)C. The zero-order valence-electron chi connectivity index (χ0n) is 9.32. The Morgan fingerprint density at radius 3 is 2.79 bits per heavy atom. The Morgan fingerprint density at radius 2 is 2.21 bits per heavy atom. The predicted octanol–water partition coefficient (Wildman–Crippen LogP) is 0.979. The molecule has 0 saturated carbocycles. The van der Waals surface area contributed by atoms with E-state index in [0.717, 1.165) is 31.6 Å². The molecule has 4 nitrogen and oxygen atoms in total. The summed E-state index contributed by atoms with van der Waals surface area (Å²) in [4.78, 5) is 2.15. The van der Waals surface area contributed by atoms with E-state index in [-0.39, 0.29) is 0 Å². The monoisotopic (exact) mass is 196 g/mol. The topological polar surface area (TPSA) is 47.1 Å². The second-order valence-electron chi connectivity index (χ2n) is 3.82. The largest absolute Gasteiger partial charge is 0.396 e. The minimum absolute atomic E-state index is 0.825. The smallest absolute Gasteiger partial charge is 0.0733 e. The van der Waals surface area contributed by atoms with E-state index >= 15 is 0 Å². The van der Waals surface area contributed by atoms with E-state index in [0.29, 0.717) is 0 Å². The van der Waals surface area contributed by atoms with Gasteiger partial charge in [0, 0.05) is 6.54 Å². The van der Waals surface area contributed by atoms with Crippen LogP contribution in [0, 0.1) is 0 Å².